The third-order valence-electron chi connectivity index (χ3n) is 2.60. The van der Waals surface area contributed by atoms with Gasteiger partial charge in [0, 0.05) is 5.56 Å². The maximum absolute atomic E-state index is 14.1. The predicted octanol–water partition coefficient (Wildman–Crippen LogP) is 2.03. The number of imidazole rings is 1. The number of aromatic nitrogens is 4. The van der Waals surface area contributed by atoms with Crippen LogP contribution in [0.25, 0.3) is 22.4 Å². The number of halogens is 1. The van der Waals surface area contributed by atoms with Crippen molar-refractivity contribution in [2.45, 2.75) is 0 Å². The smallest absolute Gasteiger partial charge is 0.181 e. The van der Waals surface area contributed by atoms with Crippen LogP contribution in [0.15, 0.2) is 30.9 Å². The molecule has 18 heavy (non-hydrogen) atoms. The molecule has 0 saturated carbocycles. The van der Waals surface area contributed by atoms with Crippen molar-refractivity contribution in [3.8, 4) is 17.3 Å². The van der Waals surface area contributed by atoms with Gasteiger partial charge in [-0.2, -0.15) is 5.26 Å². The molecule has 0 aliphatic heterocycles. The maximum Gasteiger partial charge on any atom is 0.181 e. The molecule has 1 aromatic carbocycles. The van der Waals surface area contributed by atoms with Crippen LogP contribution in [0.3, 0.4) is 0 Å². The molecule has 0 aliphatic carbocycles. The number of H-pyrrole nitrogens is 1. The molecule has 1 N–H and O–H groups in total. The zero-order valence-corrected chi connectivity index (χ0v) is 9.05. The van der Waals surface area contributed by atoms with Gasteiger partial charge in [-0.05, 0) is 12.1 Å². The second-order valence-electron chi connectivity index (χ2n) is 3.60. The second kappa shape index (κ2) is 3.89. The van der Waals surface area contributed by atoms with Crippen LogP contribution in [0.2, 0.25) is 0 Å². The summed E-state index contributed by atoms with van der Waals surface area (Å²) >= 11 is 0. The maximum atomic E-state index is 14.1. The summed E-state index contributed by atoms with van der Waals surface area (Å²) in [6.07, 6.45) is 2.78. The molecule has 0 aliphatic rings. The van der Waals surface area contributed by atoms with Crippen LogP contribution in [0.4, 0.5) is 4.39 Å². The topological polar surface area (TPSA) is 78.2 Å². The highest BCUT2D eigenvalue weighted by Gasteiger charge is 2.14. The number of aromatic amines is 1. The molecule has 3 rings (SSSR count). The van der Waals surface area contributed by atoms with Crippen LogP contribution >= 0.6 is 0 Å². The highest BCUT2D eigenvalue weighted by Crippen LogP contribution is 2.26. The number of hydrogen-bond donors (Lipinski definition) is 1. The minimum absolute atomic E-state index is 0.0150. The van der Waals surface area contributed by atoms with Gasteiger partial charge in [0.25, 0.3) is 0 Å². The lowest BCUT2D eigenvalue weighted by molar-refractivity contribution is 0.627. The lowest BCUT2D eigenvalue weighted by Gasteiger charge is -2.04. The standard InChI is InChI=1S/C12H6FN5/c13-9-7(4-14)2-1-3-8(9)10-11-12(17-5-15-10)18-6-16-11/h1-3,5-6H,(H,15,16,17,18). The number of hydrogen-bond acceptors (Lipinski definition) is 4. The van der Waals surface area contributed by atoms with E-state index in [0.717, 1.165) is 0 Å². The van der Waals surface area contributed by atoms with E-state index in [4.69, 9.17) is 5.26 Å². The monoisotopic (exact) mass is 239 g/mol. The van der Waals surface area contributed by atoms with Crippen LogP contribution in [-0.4, -0.2) is 19.9 Å². The molecule has 0 radical (unpaired) electrons. The van der Waals surface area contributed by atoms with Gasteiger partial charge in [0.2, 0.25) is 0 Å². The summed E-state index contributed by atoms with van der Waals surface area (Å²) in [6.45, 7) is 0. The van der Waals surface area contributed by atoms with E-state index in [1.165, 1.54) is 18.7 Å². The molecule has 2 aromatic heterocycles. The molecule has 0 spiro atoms. The summed E-state index contributed by atoms with van der Waals surface area (Å²) < 4.78 is 14.1. The first-order valence-corrected chi connectivity index (χ1v) is 5.14. The van der Waals surface area contributed by atoms with Crippen molar-refractivity contribution in [3.63, 3.8) is 0 Å². The lowest BCUT2D eigenvalue weighted by Crippen LogP contribution is -1.93. The van der Waals surface area contributed by atoms with Crippen molar-refractivity contribution < 1.29 is 4.39 Å². The molecular formula is C12H6FN5. The highest BCUT2D eigenvalue weighted by atomic mass is 19.1. The van der Waals surface area contributed by atoms with Crippen molar-refractivity contribution >= 4 is 11.2 Å². The highest BCUT2D eigenvalue weighted by molar-refractivity contribution is 5.87. The van der Waals surface area contributed by atoms with Crippen LogP contribution < -0.4 is 0 Å². The van der Waals surface area contributed by atoms with Gasteiger partial charge < -0.3 is 4.98 Å². The van der Waals surface area contributed by atoms with Gasteiger partial charge in [0.1, 0.15) is 29.4 Å². The summed E-state index contributed by atoms with van der Waals surface area (Å²) in [7, 11) is 0. The Hall–Kier alpha value is -2.81. The van der Waals surface area contributed by atoms with Crippen LogP contribution in [0.1, 0.15) is 5.56 Å². The van der Waals surface area contributed by atoms with Gasteiger partial charge >= 0.3 is 0 Å². The van der Waals surface area contributed by atoms with Gasteiger partial charge in [0.15, 0.2) is 5.65 Å². The van der Waals surface area contributed by atoms with E-state index in [2.05, 4.69) is 19.9 Å². The largest absolute Gasteiger partial charge is 0.341 e. The Morgan fingerprint density at radius 2 is 2.11 bits per heavy atom. The molecule has 5 nitrogen and oxygen atoms in total. The number of nitrogens with one attached hydrogen (secondary N) is 1. The Balaban J connectivity index is 2.34. The van der Waals surface area contributed by atoms with Crippen molar-refractivity contribution in [1.82, 2.24) is 19.9 Å². The zero-order valence-electron chi connectivity index (χ0n) is 9.05. The van der Waals surface area contributed by atoms with Crippen molar-refractivity contribution in [2.24, 2.45) is 0 Å². The number of nitrogens with zero attached hydrogens (tertiary/aromatic N) is 4. The third-order valence-corrected chi connectivity index (χ3v) is 2.60. The van der Waals surface area contributed by atoms with Gasteiger partial charge in [-0.25, -0.2) is 19.3 Å². The Labute approximate surface area is 101 Å². The Morgan fingerprint density at radius 3 is 2.94 bits per heavy atom. The van der Waals surface area contributed by atoms with Crippen molar-refractivity contribution in [1.29, 1.82) is 5.26 Å². The first-order chi connectivity index (χ1) is 8.81. The SMILES string of the molecule is N#Cc1cccc(-c2ncnc3nc[nH]c23)c1F. The number of benzene rings is 1. The van der Waals surface area contributed by atoms with Gasteiger partial charge in [-0.1, -0.05) is 6.07 Å². The molecule has 3 aromatic rings. The minimum Gasteiger partial charge on any atom is -0.341 e. The molecular weight excluding hydrogens is 233 g/mol. The minimum atomic E-state index is -0.588. The molecule has 86 valence electrons. The number of rotatable bonds is 1. The molecule has 0 saturated heterocycles. The van der Waals surface area contributed by atoms with E-state index in [-0.39, 0.29) is 11.1 Å². The summed E-state index contributed by atoms with van der Waals surface area (Å²) in [5.74, 6) is -0.588. The van der Waals surface area contributed by atoms with E-state index >= 15 is 0 Å². The first kappa shape index (κ1) is 10.4. The fraction of sp³-hybridized carbons (Fsp3) is 0. The fourth-order valence-corrected chi connectivity index (χ4v) is 1.77. The van der Waals surface area contributed by atoms with Gasteiger partial charge in [-0.15, -0.1) is 0 Å². The number of fused-ring (bicyclic) bond motifs is 1. The second-order valence-corrected chi connectivity index (χ2v) is 3.60. The molecule has 0 unspecified atom stereocenters. The fourth-order valence-electron chi connectivity index (χ4n) is 1.77. The van der Waals surface area contributed by atoms with Crippen LogP contribution in [0.5, 0.6) is 0 Å². The van der Waals surface area contributed by atoms with Crippen LogP contribution in [0, 0.1) is 17.1 Å². The lowest BCUT2D eigenvalue weighted by atomic mass is 10.1. The Morgan fingerprint density at radius 1 is 1.22 bits per heavy atom. The van der Waals surface area contributed by atoms with E-state index in [1.54, 1.807) is 18.2 Å². The van der Waals surface area contributed by atoms with E-state index in [9.17, 15) is 4.39 Å². The van der Waals surface area contributed by atoms with E-state index < -0.39 is 5.82 Å². The summed E-state index contributed by atoms with van der Waals surface area (Å²) in [5, 5.41) is 8.82. The molecule has 0 fully saturated rings. The summed E-state index contributed by atoms with van der Waals surface area (Å²) in [4.78, 5) is 14.9. The average molecular weight is 239 g/mol. The van der Waals surface area contributed by atoms with Gasteiger partial charge in [0.05, 0.1) is 11.9 Å². The normalized spacial score (nSPS) is 10.4. The van der Waals surface area contributed by atoms with E-state index in [0.29, 0.717) is 16.9 Å². The Bertz CT molecular complexity index is 771. The quantitative estimate of drug-likeness (QED) is 0.704. The third kappa shape index (κ3) is 1.42. The molecule has 0 atom stereocenters. The molecule has 0 amide bonds. The molecule has 6 heteroatoms. The van der Waals surface area contributed by atoms with Crippen molar-refractivity contribution in [2.75, 3.05) is 0 Å². The Kier molecular flexibility index (Phi) is 2.24. The van der Waals surface area contributed by atoms with Crippen molar-refractivity contribution in [3.05, 3.63) is 42.2 Å². The number of nitriles is 1. The zero-order chi connectivity index (χ0) is 12.5. The van der Waals surface area contributed by atoms with Crippen LogP contribution in [-0.2, 0) is 0 Å². The average Bonchev–Trinajstić information content (AvgIpc) is 2.87. The van der Waals surface area contributed by atoms with E-state index in [1.807, 2.05) is 0 Å². The summed E-state index contributed by atoms with van der Waals surface area (Å²) in [5.41, 5.74) is 1.64. The predicted molar refractivity (Wildman–Crippen MR) is 61.8 cm³/mol. The van der Waals surface area contributed by atoms with Gasteiger partial charge in [-0.3, -0.25) is 0 Å². The summed E-state index contributed by atoms with van der Waals surface area (Å²) in [6, 6.07) is 6.40. The molecule has 2 heterocycles. The first-order valence-electron chi connectivity index (χ1n) is 5.14. The molecule has 0 bridgehead atoms.